The maximum atomic E-state index is 13.9. The Hall–Kier alpha value is -2.69. The molecular formula is C27H33NO4. The van der Waals surface area contributed by atoms with Crippen LogP contribution in [0.1, 0.15) is 74.2 Å². The zero-order chi connectivity index (χ0) is 23.3. The monoisotopic (exact) mass is 435 g/mol. The molecule has 5 heteroatoms. The molecule has 1 heterocycles. The van der Waals surface area contributed by atoms with Crippen molar-refractivity contribution in [1.82, 2.24) is 4.98 Å². The Labute approximate surface area is 189 Å². The van der Waals surface area contributed by atoms with Gasteiger partial charge in [0.25, 0.3) is 0 Å². The molecule has 5 nitrogen and oxygen atoms in total. The highest BCUT2D eigenvalue weighted by molar-refractivity contribution is 6.01. The second-order valence-corrected chi connectivity index (χ2v) is 10.8. The summed E-state index contributed by atoms with van der Waals surface area (Å²) < 4.78 is 0. The van der Waals surface area contributed by atoms with Gasteiger partial charge in [0, 0.05) is 29.7 Å². The standard InChI is InChI=1S/C27H33NO4/c1-16-20(25(32)21-8-5-6-11-28-21)15-22-26(2,3)9-7-10-27(22,4)23(16)24(31)17-12-18(29)14-19(30)13-17/h5-6,8,11-14,16,20,22-23,29-30H,7,9-10,15H2,1-4H3/t16-,20?,22+,23-,27+/m1/s1. The van der Waals surface area contributed by atoms with Gasteiger partial charge in [-0.2, -0.15) is 0 Å². The lowest BCUT2D eigenvalue weighted by atomic mass is 9.43. The lowest BCUT2D eigenvalue weighted by Gasteiger charge is -2.60. The van der Waals surface area contributed by atoms with Gasteiger partial charge in [-0.25, -0.2) is 0 Å². The van der Waals surface area contributed by atoms with Crippen LogP contribution in [-0.4, -0.2) is 26.8 Å². The Morgan fingerprint density at radius 3 is 2.31 bits per heavy atom. The first-order valence-corrected chi connectivity index (χ1v) is 11.6. The second kappa shape index (κ2) is 8.02. The van der Waals surface area contributed by atoms with Crippen LogP contribution in [0.3, 0.4) is 0 Å². The maximum Gasteiger partial charge on any atom is 0.184 e. The highest BCUT2D eigenvalue weighted by Gasteiger charge is 2.59. The first-order valence-electron chi connectivity index (χ1n) is 11.6. The van der Waals surface area contributed by atoms with Gasteiger partial charge in [0.05, 0.1) is 0 Å². The number of carbonyl (C=O) groups is 2. The Morgan fingerprint density at radius 2 is 1.69 bits per heavy atom. The molecule has 2 fully saturated rings. The minimum Gasteiger partial charge on any atom is -0.508 e. The number of pyridine rings is 1. The van der Waals surface area contributed by atoms with Crippen molar-refractivity contribution < 1.29 is 19.8 Å². The summed E-state index contributed by atoms with van der Waals surface area (Å²) in [7, 11) is 0. The molecule has 2 aliphatic carbocycles. The summed E-state index contributed by atoms with van der Waals surface area (Å²) in [6.45, 7) is 8.74. The van der Waals surface area contributed by atoms with Crippen molar-refractivity contribution >= 4 is 11.6 Å². The molecular weight excluding hydrogens is 402 g/mol. The molecule has 0 amide bonds. The summed E-state index contributed by atoms with van der Waals surface area (Å²) in [6.07, 6.45) is 5.42. The summed E-state index contributed by atoms with van der Waals surface area (Å²) in [6, 6.07) is 9.43. The molecule has 5 atom stereocenters. The number of ketones is 2. The van der Waals surface area contributed by atoms with E-state index in [4.69, 9.17) is 0 Å². The Balaban J connectivity index is 1.81. The van der Waals surface area contributed by atoms with Crippen LogP contribution in [-0.2, 0) is 0 Å². The molecule has 4 rings (SSSR count). The minimum absolute atomic E-state index is 0.00178. The van der Waals surface area contributed by atoms with E-state index in [9.17, 15) is 19.8 Å². The summed E-state index contributed by atoms with van der Waals surface area (Å²) >= 11 is 0. The molecule has 1 aromatic heterocycles. The lowest BCUT2D eigenvalue weighted by Crippen LogP contribution is -2.57. The van der Waals surface area contributed by atoms with Crippen LogP contribution in [0.25, 0.3) is 0 Å². The Morgan fingerprint density at radius 1 is 1.00 bits per heavy atom. The van der Waals surface area contributed by atoms with Gasteiger partial charge in [-0.05, 0) is 66.2 Å². The van der Waals surface area contributed by atoms with Gasteiger partial charge >= 0.3 is 0 Å². The average molecular weight is 436 g/mol. The number of hydrogen-bond donors (Lipinski definition) is 2. The first kappa shape index (κ1) is 22.5. The molecule has 170 valence electrons. The van der Waals surface area contributed by atoms with Crippen LogP contribution in [0.5, 0.6) is 11.5 Å². The molecule has 0 bridgehead atoms. The molecule has 32 heavy (non-hydrogen) atoms. The Bertz CT molecular complexity index is 1010. The molecule has 0 saturated heterocycles. The second-order valence-electron chi connectivity index (χ2n) is 10.8. The van der Waals surface area contributed by atoms with E-state index in [0.29, 0.717) is 11.3 Å². The van der Waals surface area contributed by atoms with E-state index in [2.05, 4.69) is 25.8 Å². The fourth-order valence-corrected chi connectivity index (χ4v) is 6.93. The molecule has 0 spiro atoms. The normalized spacial score (nSPS) is 31.5. The molecule has 1 unspecified atom stereocenters. The van der Waals surface area contributed by atoms with Crippen molar-refractivity contribution in [3.05, 3.63) is 53.9 Å². The largest absolute Gasteiger partial charge is 0.508 e. The van der Waals surface area contributed by atoms with E-state index in [-0.39, 0.29) is 57.6 Å². The molecule has 2 aromatic rings. The van der Waals surface area contributed by atoms with Gasteiger partial charge in [-0.1, -0.05) is 40.2 Å². The van der Waals surface area contributed by atoms with E-state index in [1.807, 2.05) is 13.0 Å². The van der Waals surface area contributed by atoms with Crippen molar-refractivity contribution in [2.75, 3.05) is 0 Å². The average Bonchev–Trinajstić information content (AvgIpc) is 2.72. The SMILES string of the molecule is C[C@@H]1C(C(=O)c2ccccn2)C[C@H]2C(C)(C)CCC[C@]2(C)[C@H]1C(=O)c1cc(O)cc(O)c1. The number of benzene rings is 1. The number of nitrogens with zero attached hydrogens (tertiary/aromatic N) is 1. The van der Waals surface area contributed by atoms with Crippen molar-refractivity contribution in [2.24, 2.45) is 34.5 Å². The quantitative estimate of drug-likeness (QED) is 0.605. The number of hydrogen-bond acceptors (Lipinski definition) is 5. The van der Waals surface area contributed by atoms with Gasteiger partial charge in [0.1, 0.15) is 17.2 Å². The van der Waals surface area contributed by atoms with Crippen molar-refractivity contribution in [3.63, 3.8) is 0 Å². The van der Waals surface area contributed by atoms with E-state index in [1.165, 1.54) is 18.2 Å². The number of phenolic OH excluding ortho intramolecular Hbond substituents is 2. The maximum absolute atomic E-state index is 13.9. The van der Waals surface area contributed by atoms with Crippen LogP contribution >= 0.6 is 0 Å². The number of Topliss-reactive ketones (excluding diaryl/α,β-unsaturated/α-hetero) is 2. The number of aromatic hydroxyl groups is 2. The third-order valence-electron chi connectivity index (χ3n) is 8.36. The van der Waals surface area contributed by atoms with E-state index < -0.39 is 0 Å². The smallest absolute Gasteiger partial charge is 0.184 e. The van der Waals surface area contributed by atoms with Crippen LogP contribution in [0.4, 0.5) is 0 Å². The summed E-state index contributed by atoms with van der Waals surface area (Å²) in [5, 5.41) is 20.0. The van der Waals surface area contributed by atoms with E-state index in [1.54, 1.807) is 18.3 Å². The van der Waals surface area contributed by atoms with E-state index in [0.717, 1.165) is 25.7 Å². The number of phenols is 2. The fraction of sp³-hybridized carbons (Fsp3) is 0.519. The Kier molecular flexibility index (Phi) is 5.64. The molecule has 0 aliphatic heterocycles. The zero-order valence-corrected chi connectivity index (χ0v) is 19.3. The molecule has 0 radical (unpaired) electrons. The molecule has 1 aromatic carbocycles. The highest BCUT2D eigenvalue weighted by Crippen LogP contribution is 2.63. The summed E-state index contributed by atoms with van der Waals surface area (Å²) in [5.41, 5.74) is 0.492. The van der Waals surface area contributed by atoms with Crippen LogP contribution in [0.15, 0.2) is 42.6 Å². The number of fused-ring (bicyclic) bond motifs is 1. The van der Waals surface area contributed by atoms with Crippen LogP contribution in [0.2, 0.25) is 0 Å². The highest BCUT2D eigenvalue weighted by atomic mass is 16.3. The fourth-order valence-electron chi connectivity index (χ4n) is 6.93. The predicted octanol–water partition coefficient (Wildman–Crippen LogP) is 5.66. The van der Waals surface area contributed by atoms with Gasteiger partial charge in [0.15, 0.2) is 11.6 Å². The lowest BCUT2D eigenvalue weighted by molar-refractivity contribution is -0.0944. The van der Waals surface area contributed by atoms with E-state index >= 15 is 0 Å². The zero-order valence-electron chi connectivity index (χ0n) is 19.3. The topological polar surface area (TPSA) is 87.5 Å². The third kappa shape index (κ3) is 3.72. The van der Waals surface area contributed by atoms with Gasteiger partial charge in [-0.15, -0.1) is 0 Å². The van der Waals surface area contributed by atoms with Crippen LogP contribution in [0, 0.1) is 34.5 Å². The summed E-state index contributed by atoms with van der Waals surface area (Å²) in [4.78, 5) is 31.8. The number of carbonyl (C=O) groups excluding carboxylic acids is 2. The van der Waals surface area contributed by atoms with Gasteiger partial charge in [0.2, 0.25) is 0 Å². The molecule has 2 saturated carbocycles. The van der Waals surface area contributed by atoms with Gasteiger partial charge in [-0.3, -0.25) is 14.6 Å². The van der Waals surface area contributed by atoms with Crippen molar-refractivity contribution in [1.29, 1.82) is 0 Å². The summed E-state index contributed by atoms with van der Waals surface area (Å²) in [5.74, 6) is -1.05. The van der Waals surface area contributed by atoms with Crippen molar-refractivity contribution in [2.45, 2.75) is 53.4 Å². The number of rotatable bonds is 4. The first-order chi connectivity index (χ1) is 15.0. The molecule has 2 N–H and O–H groups in total. The third-order valence-corrected chi connectivity index (χ3v) is 8.36. The van der Waals surface area contributed by atoms with Gasteiger partial charge < -0.3 is 10.2 Å². The molecule has 2 aliphatic rings. The number of aromatic nitrogens is 1. The predicted molar refractivity (Wildman–Crippen MR) is 123 cm³/mol. The van der Waals surface area contributed by atoms with Crippen molar-refractivity contribution in [3.8, 4) is 11.5 Å². The van der Waals surface area contributed by atoms with Crippen LogP contribution < -0.4 is 0 Å². The minimum atomic E-state index is -0.389.